The Kier molecular flexibility index (Phi) is 10.4. The van der Waals surface area contributed by atoms with Crippen LogP contribution in [-0.4, -0.2) is 72.1 Å². The lowest BCUT2D eigenvalue weighted by Crippen LogP contribution is -2.39. The molecule has 1 saturated carbocycles. The molecule has 0 amide bonds. The van der Waals surface area contributed by atoms with Gasteiger partial charge in [-0.2, -0.15) is 0 Å². The zero-order valence-electron chi connectivity index (χ0n) is 20.4. The molecule has 2 aliphatic rings. The van der Waals surface area contributed by atoms with Gasteiger partial charge in [-0.05, 0) is 37.8 Å². The molecule has 0 radical (unpaired) electrons. The second-order valence-electron chi connectivity index (χ2n) is 9.10. The van der Waals surface area contributed by atoms with E-state index in [9.17, 15) is 9.59 Å². The zero-order chi connectivity index (χ0) is 24.3. The first-order valence-electron chi connectivity index (χ1n) is 12.8. The largest absolute Gasteiger partial charge is 0.380 e. The van der Waals surface area contributed by atoms with E-state index in [1.54, 1.807) is 24.5 Å². The number of ether oxygens (including phenoxy) is 1. The molecule has 35 heavy (non-hydrogen) atoms. The molecule has 2 heterocycles. The quantitative estimate of drug-likeness (QED) is 0.163. The van der Waals surface area contributed by atoms with Crippen LogP contribution >= 0.6 is 11.9 Å². The molecule has 0 unspecified atom stereocenters. The van der Waals surface area contributed by atoms with Crippen molar-refractivity contribution in [1.82, 2.24) is 14.4 Å². The van der Waals surface area contributed by atoms with Gasteiger partial charge in [-0.15, -0.1) is 4.47 Å². The van der Waals surface area contributed by atoms with E-state index in [0.717, 1.165) is 70.2 Å². The van der Waals surface area contributed by atoms with Gasteiger partial charge in [-0.3, -0.25) is 24.3 Å². The Bertz CT molecular complexity index is 957. The molecule has 0 bridgehead atoms. The van der Waals surface area contributed by atoms with Crippen LogP contribution in [0.1, 0.15) is 44.9 Å². The van der Waals surface area contributed by atoms with Crippen LogP contribution in [0.2, 0.25) is 0 Å². The van der Waals surface area contributed by atoms with Crippen molar-refractivity contribution in [2.45, 2.75) is 51.0 Å². The molecule has 1 saturated heterocycles. The number of hydroxylamine groups is 1. The number of nitrogens with zero attached hydrogens (tertiary/aromatic N) is 3. The predicted octanol–water partition coefficient (Wildman–Crippen LogP) is 3.16. The SMILES string of the molecule is O=c1c(NCCCCCSN(OCCN2CCOCC2)C2CCCC2)c(Nc2ccncc2)c1=O. The molecular weight excluding hydrogens is 466 g/mol. The number of hydrogen-bond donors (Lipinski definition) is 2. The molecule has 9 nitrogen and oxygen atoms in total. The van der Waals surface area contributed by atoms with Crippen LogP contribution in [0.25, 0.3) is 0 Å². The van der Waals surface area contributed by atoms with Crippen LogP contribution in [0, 0.1) is 0 Å². The van der Waals surface area contributed by atoms with Gasteiger partial charge in [0.15, 0.2) is 0 Å². The van der Waals surface area contributed by atoms with Gasteiger partial charge in [0.1, 0.15) is 11.4 Å². The summed E-state index contributed by atoms with van der Waals surface area (Å²) in [7, 11) is 0. The van der Waals surface area contributed by atoms with Crippen LogP contribution in [0.15, 0.2) is 34.1 Å². The normalized spacial score (nSPS) is 17.4. The molecule has 2 fully saturated rings. The molecule has 192 valence electrons. The number of anilines is 3. The molecule has 1 aromatic heterocycles. The van der Waals surface area contributed by atoms with Crippen LogP contribution in [0.4, 0.5) is 17.1 Å². The van der Waals surface area contributed by atoms with E-state index in [2.05, 4.69) is 25.0 Å². The Hall–Kier alpha value is -1.98. The molecule has 2 N–H and O–H groups in total. The van der Waals surface area contributed by atoms with Gasteiger partial charge in [0, 0.05) is 56.1 Å². The highest BCUT2D eigenvalue weighted by atomic mass is 32.2. The minimum absolute atomic E-state index is 0.346. The second kappa shape index (κ2) is 13.9. The smallest absolute Gasteiger partial charge is 0.253 e. The van der Waals surface area contributed by atoms with Crippen LogP contribution in [0.5, 0.6) is 0 Å². The first kappa shape index (κ1) is 26.1. The fraction of sp³-hybridized carbons (Fsp3) is 0.640. The van der Waals surface area contributed by atoms with Gasteiger partial charge in [0.05, 0.1) is 19.8 Å². The summed E-state index contributed by atoms with van der Waals surface area (Å²) in [6.45, 7) is 5.97. The number of aromatic nitrogens is 1. The molecule has 1 aliphatic heterocycles. The summed E-state index contributed by atoms with van der Waals surface area (Å²) in [5.74, 6) is 1.02. The van der Waals surface area contributed by atoms with Crippen LogP contribution < -0.4 is 21.5 Å². The van der Waals surface area contributed by atoms with Gasteiger partial charge in [-0.25, -0.2) is 0 Å². The third-order valence-corrected chi connectivity index (χ3v) is 7.68. The highest BCUT2D eigenvalue weighted by Crippen LogP contribution is 2.29. The lowest BCUT2D eigenvalue weighted by Gasteiger charge is -2.30. The fourth-order valence-electron chi connectivity index (χ4n) is 4.48. The number of hydrogen-bond acceptors (Lipinski definition) is 10. The van der Waals surface area contributed by atoms with Crippen LogP contribution in [-0.2, 0) is 9.57 Å². The summed E-state index contributed by atoms with van der Waals surface area (Å²) in [6.07, 6.45) is 11.4. The van der Waals surface area contributed by atoms with E-state index in [1.807, 2.05) is 11.9 Å². The number of morpholine rings is 1. The third-order valence-electron chi connectivity index (χ3n) is 6.55. The molecule has 10 heteroatoms. The Morgan fingerprint density at radius 3 is 2.57 bits per heavy atom. The number of rotatable bonds is 15. The fourth-order valence-corrected chi connectivity index (χ4v) is 5.56. The van der Waals surface area contributed by atoms with Gasteiger partial charge in [0.25, 0.3) is 10.9 Å². The van der Waals surface area contributed by atoms with Crippen molar-refractivity contribution in [3.63, 3.8) is 0 Å². The minimum Gasteiger partial charge on any atom is -0.380 e. The van der Waals surface area contributed by atoms with E-state index in [1.165, 1.54) is 25.7 Å². The molecule has 2 aromatic rings. The average molecular weight is 504 g/mol. The molecule has 1 aliphatic carbocycles. The first-order chi connectivity index (χ1) is 17.2. The van der Waals surface area contributed by atoms with E-state index >= 15 is 0 Å². The highest BCUT2D eigenvalue weighted by Gasteiger charge is 2.24. The maximum absolute atomic E-state index is 12.0. The van der Waals surface area contributed by atoms with Crippen molar-refractivity contribution in [2.24, 2.45) is 0 Å². The lowest BCUT2D eigenvalue weighted by molar-refractivity contribution is -0.110. The lowest BCUT2D eigenvalue weighted by atomic mass is 10.1. The van der Waals surface area contributed by atoms with Crippen molar-refractivity contribution in [3.8, 4) is 0 Å². The van der Waals surface area contributed by atoms with Crippen molar-refractivity contribution in [3.05, 3.63) is 45.0 Å². The summed E-state index contributed by atoms with van der Waals surface area (Å²) < 4.78 is 7.60. The summed E-state index contributed by atoms with van der Waals surface area (Å²) in [4.78, 5) is 36.5. The van der Waals surface area contributed by atoms with Gasteiger partial charge >= 0.3 is 0 Å². The van der Waals surface area contributed by atoms with E-state index in [0.29, 0.717) is 24.0 Å². The third kappa shape index (κ3) is 7.75. The summed E-state index contributed by atoms with van der Waals surface area (Å²) in [6, 6.07) is 4.05. The van der Waals surface area contributed by atoms with Gasteiger partial charge in [-0.1, -0.05) is 31.2 Å². The molecule has 4 rings (SSSR count). The Morgan fingerprint density at radius 2 is 1.80 bits per heavy atom. The zero-order valence-corrected chi connectivity index (χ0v) is 21.2. The molecule has 0 spiro atoms. The summed E-state index contributed by atoms with van der Waals surface area (Å²) in [5, 5.41) is 6.17. The molecule has 1 aromatic carbocycles. The van der Waals surface area contributed by atoms with Crippen molar-refractivity contribution in [1.29, 1.82) is 0 Å². The standard InChI is InChI=1S/C25H37N5O4S/c31-24-22(23(25(24)32)28-20-8-11-26-12-9-20)27-10-4-1-5-19-35-30(21-6-2-3-7-21)34-18-15-29-13-16-33-17-14-29/h8-9,11-12,21,27H,1-7,10,13-19H2,(H,26,28). The maximum Gasteiger partial charge on any atom is 0.253 e. The predicted molar refractivity (Wildman–Crippen MR) is 141 cm³/mol. The number of nitrogens with one attached hydrogen (secondary N) is 2. The van der Waals surface area contributed by atoms with Gasteiger partial charge in [0.2, 0.25) is 0 Å². The van der Waals surface area contributed by atoms with Crippen LogP contribution in [0.3, 0.4) is 0 Å². The maximum atomic E-state index is 12.0. The van der Waals surface area contributed by atoms with Crippen molar-refractivity contribution in [2.75, 3.05) is 62.4 Å². The summed E-state index contributed by atoms with van der Waals surface area (Å²) in [5.41, 5.74) is 0.562. The van der Waals surface area contributed by atoms with Gasteiger partial charge < -0.3 is 15.4 Å². The Labute approximate surface area is 211 Å². The van der Waals surface area contributed by atoms with E-state index < -0.39 is 10.9 Å². The summed E-state index contributed by atoms with van der Waals surface area (Å²) >= 11 is 1.81. The van der Waals surface area contributed by atoms with Crippen molar-refractivity contribution < 1.29 is 9.57 Å². The minimum atomic E-state index is -0.471. The van der Waals surface area contributed by atoms with E-state index in [-0.39, 0.29) is 0 Å². The molecular formula is C25H37N5O4S. The molecule has 0 atom stereocenters. The second-order valence-corrected chi connectivity index (χ2v) is 10.1. The topological polar surface area (TPSA) is 96.0 Å². The number of pyridine rings is 1. The monoisotopic (exact) mass is 503 g/mol. The van der Waals surface area contributed by atoms with E-state index in [4.69, 9.17) is 9.57 Å². The Balaban J connectivity index is 1.12. The highest BCUT2D eigenvalue weighted by molar-refractivity contribution is 7.96. The Morgan fingerprint density at radius 1 is 1.06 bits per heavy atom. The van der Waals surface area contributed by atoms with Crippen molar-refractivity contribution >= 4 is 29.0 Å². The number of unbranched alkanes of at least 4 members (excludes halogenated alkanes) is 2. The average Bonchev–Trinajstić information content (AvgIpc) is 3.44. The first-order valence-corrected chi connectivity index (χ1v) is 13.8.